The van der Waals surface area contributed by atoms with Crippen LogP contribution in [0.4, 0.5) is 5.69 Å². The molecule has 0 heterocycles. The van der Waals surface area contributed by atoms with Crippen molar-refractivity contribution in [3.05, 3.63) is 60.2 Å². The zero-order valence-electron chi connectivity index (χ0n) is 12.3. The first kappa shape index (κ1) is 16.6. The van der Waals surface area contributed by atoms with E-state index in [1.165, 1.54) is 25.3 Å². The van der Waals surface area contributed by atoms with Crippen LogP contribution < -0.4 is 9.46 Å². The van der Waals surface area contributed by atoms with E-state index in [1.807, 2.05) is 0 Å². The molecule has 2 N–H and O–H groups in total. The first-order valence-corrected chi connectivity index (χ1v) is 8.07. The lowest BCUT2D eigenvalue weighted by Crippen LogP contribution is -2.12. The molecule has 0 spiro atoms. The van der Waals surface area contributed by atoms with Gasteiger partial charge in [0.15, 0.2) is 0 Å². The molecule has 0 atom stereocenters. The molecule has 2 aromatic carbocycles. The van der Waals surface area contributed by atoms with Gasteiger partial charge in [0.25, 0.3) is 10.0 Å². The van der Waals surface area contributed by atoms with Crippen molar-refractivity contribution < 1.29 is 23.1 Å². The number of methoxy groups -OCH3 is 1. The summed E-state index contributed by atoms with van der Waals surface area (Å²) >= 11 is 0. The molecule has 0 aromatic heterocycles. The maximum atomic E-state index is 12.3. The van der Waals surface area contributed by atoms with Gasteiger partial charge in [0.1, 0.15) is 5.75 Å². The van der Waals surface area contributed by atoms with E-state index in [2.05, 4.69) is 4.72 Å². The lowest BCUT2D eigenvalue weighted by Gasteiger charge is -2.09. The molecule has 6 nitrogen and oxygen atoms in total. The second kappa shape index (κ2) is 6.97. The number of ether oxygens (including phenoxy) is 1. The molecule has 0 saturated carbocycles. The molecule has 2 rings (SSSR count). The van der Waals surface area contributed by atoms with Gasteiger partial charge in [-0.25, -0.2) is 13.2 Å². The smallest absolute Gasteiger partial charge is 0.328 e. The fraction of sp³-hybridized carbons (Fsp3) is 0.0625. The maximum absolute atomic E-state index is 12.3. The van der Waals surface area contributed by atoms with Crippen LogP contribution in [0.3, 0.4) is 0 Å². The van der Waals surface area contributed by atoms with E-state index >= 15 is 0 Å². The van der Waals surface area contributed by atoms with Gasteiger partial charge in [0.2, 0.25) is 0 Å². The summed E-state index contributed by atoms with van der Waals surface area (Å²) in [5, 5.41) is 8.61. The Hall–Kier alpha value is -2.80. The molecule has 0 fully saturated rings. The SMILES string of the molecule is COc1ccc(S(=O)(=O)Nc2cccc(/C=C/C(=O)O)c2)cc1. The Morgan fingerprint density at radius 1 is 1.17 bits per heavy atom. The molecule has 7 heteroatoms. The molecule has 0 radical (unpaired) electrons. The zero-order chi connectivity index (χ0) is 16.9. The topological polar surface area (TPSA) is 92.7 Å². The van der Waals surface area contributed by atoms with Gasteiger partial charge in [0.05, 0.1) is 12.0 Å². The Morgan fingerprint density at radius 3 is 2.48 bits per heavy atom. The predicted octanol–water partition coefficient (Wildman–Crippen LogP) is 2.59. The number of carboxylic acids is 1. The minimum atomic E-state index is -3.73. The van der Waals surface area contributed by atoms with Crippen molar-refractivity contribution in [1.82, 2.24) is 0 Å². The highest BCUT2D eigenvalue weighted by Crippen LogP contribution is 2.20. The number of benzene rings is 2. The number of aliphatic carboxylic acids is 1. The lowest BCUT2D eigenvalue weighted by atomic mass is 10.2. The Labute approximate surface area is 134 Å². The van der Waals surface area contributed by atoms with E-state index in [1.54, 1.807) is 36.4 Å². The van der Waals surface area contributed by atoms with Gasteiger partial charge in [-0.3, -0.25) is 4.72 Å². The number of carboxylic acid groups (broad SMARTS) is 1. The van der Waals surface area contributed by atoms with Gasteiger partial charge in [-0.15, -0.1) is 0 Å². The van der Waals surface area contributed by atoms with Crippen LogP contribution in [-0.2, 0) is 14.8 Å². The number of nitrogens with one attached hydrogen (secondary N) is 1. The summed E-state index contributed by atoms with van der Waals surface area (Å²) < 4.78 is 32.1. The first-order valence-electron chi connectivity index (χ1n) is 6.59. The van der Waals surface area contributed by atoms with Crippen LogP contribution in [0.25, 0.3) is 6.08 Å². The van der Waals surface area contributed by atoms with Gasteiger partial charge < -0.3 is 9.84 Å². The summed E-state index contributed by atoms with van der Waals surface area (Å²) in [5.41, 5.74) is 0.913. The Kier molecular flexibility index (Phi) is 5.02. The Balaban J connectivity index is 2.22. The average molecular weight is 333 g/mol. The molecule has 0 aliphatic rings. The molecular formula is C16H15NO5S. The monoisotopic (exact) mass is 333 g/mol. The highest BCUT2D eigenvalue weighted by atomic mass is 32.2. The largest absolute Gasteiger partial charge is 0.497 e. The van der Waals surface area contributed by atoms with Crippen molar-refractivity contribution in [1.29, 1.82) is 0 Å². The number of anilines is 1. The van der Waals surface area contributed by atoms with Gasteiger partial charge in [-0.05, 0) is 48.0 Å². The first-order chi connectivity index (χ1) is 10.9. The van der Waals surface area contributed by atoms with E-state index in [0.29, 0.717) is 17.0 Å². The van der Waals surface area contributed by atoms with Crippen molar-refractivity contribution in [2.24, 2.45) is 0 Å². The van der Waals surface area contributed by atoms with Crippen LogP contribution in [0.5, 0.6) is 5.75 Å². The van der Waals surface area contributed by atoms with E-state index < -0.39 is 16.0 Å². The van der Waals surface area contributed by atoms with Gasteiger partial charge in [0, 0.05) is 11.8 Å². The molecule has 0 unspecified atom stereocenters. The third-order valence-electron chi connectivity index (χ3n) is 2.93. The summed E-state index contributed by atoms with van der Waals surface area (Å²) in [4.78, 5) is 10.6. The van der Waals surface area contributed by atoms with E-state index in [0.717, 1.165) is 6.08 Å². The predicted molar refractivity (Wildman–Crippen MR) is 86.9 cm³/mol. The highest BCUT2D eigenvalue weighted by molar-refractivity contribution is 7.92. The second-order valence-electron chi connectivity index (χ2n) is 4.58. The van der Waals surface area contributed by atoms with Crippen LogP contribution in [0.1, 0.15) is 5.56 Å². The van der Waals surface area contributed by atoms with Crippen LogP contribution in [0.15, 0.2) is 59.5 Å². The van der Waals surface area contributed by atoms with Gasteiger partial charge >= 0.3 is 5.97 Å². The van der Waals surface area contributed by atoms with Gasteiger partial charge in [-0.2, -0.15) is 0 Å². The maximum Gasteiger partial charge on any atom is 0.328 e. The normalized spacial score (nSPS) is 11.3. The molecule has 0 bridgehead atoms. The van der Waals surface area contributed by atoms with Crippen molar-refractivity contribution in [3.8, 4) is 5.75 Å². The summed E-state index contributed by atoms with van der Waals surface area (Å²) in [6.45, 7) is 0. The third-order valence-corrected chi connectivity index (χ3v) is 4.32. The van der Waals surface area contributed by atoms with Crippen molar-refractivity contribution in [2.45, 2.75) is 4.90 Å². The van der Waals surface area contributed by atoms with Crippen LogP contribution in [-0.4, -0.2) is 26.6 Å². The molecule has 23 heavy (non-hydrogen) atoms. The number of hydrogen-bond acceptors (Lipinski definition) is 4. The standard InChI is InChI=1S/C16H15NO5S/c1-22-14-6-8-15(9-7-14)23(20,21)17-13-4-2-3-12(11-13)5-10-16(18)19/h2-11,17H,1H3,(H,18,19)/b10-5+. The summed E-state index contributed by atoms with van der Waals surface area (Å²) in [6, 6.07) is 12.4. The number of carbonyl (C=O) groups is 1. The number of rotatable bonds is 6. The number of hydrogen-bond donors (Lipinski definition) is 2. The van der Waals surface area contributed by atoms with E-state index in [9.17, 15) is 13.2 Å². The molecule has 0 aliphatic heterocycles. The average Bonchev–Trinajstić information content (AvgIpc) is 2.53. The fourth-order valence-electron chi connectivity index (χ4n) is 1.84. The van der Waals surface area contributed by atoms with E-state index in [4.69, 9.17) is 9.84 Å². The van der Waals surface area contributed by atoms with Crippen LogP contribution >= 0.6 is 0 Å². The molecule has 0 aliphatic carbocycles. The Morgan fingerprint density at radius 2 is 1.87 bits per heavy atom. The minimum absolute atomic E-state index is 0.102. The van der Waals surface area contributed by atoms with Crippen LogP contribution in [0, 0.1) is 0 Å². The summed E-state index contributed by atoms with van der Waals surface area (Å²) in [5.74, 6) is -0.515. The number of sulfonamides is 1. The lowest BCUT2D eigenvalue weighted by molar-refractivity contribution is -0.131. The zero-order valence-corrected chi connectivity index (χ0v) is 13.1. The Bertz CT molecular complexity index is 826. The molecule has 0 saturated heterocycles. The van der Waals surface area contributed by atoms with Crippen LogP contribution in [0.2, 0.25) is 0 Å². The second-order valence-corrected chi connectivity index (χ2v) is 6.26. The third kappa shape index (κ3) is 4.58. The highest BCUT2D eigenvalue weighted by Gasteiger charge is 2.14. The quantitative estimate of drug-likeness (QED) is 0.793. The van der Waals surface area contributed by atoms with Crippen molar-refractivity contribution in [3.63, 3.8) is 0 Å². The fourth-order valence-corrected chi connectivity index (χ4v) is 2.89. The van der Waals surface area contributed by atoms with Crippen molar-refractivity contribution >= 4 is 27.8 Å². The molecular weight excluding hydrogens is 318 g/mol. The molecule has 120 valence electrons. The summed E-state index contributed by atoms with van der Waals surface area (Å²) in [7, 11) is -2.23. The minimum Gasteiger partial charge on any atom is -0.497 e. The summed E-state index contributed by atoms with van der Waals surface area (Å²) in [6.07, 6.45) is 2.37. The molecule has 2 aromatic rings. The van der Waals surface area contributed by atoms with Gasteiger partial charge in [-0.1, -0.05) is 12.1 Å². The van der Waals surface area contributed by atoms with E-state index in [-0.39, 0.29) is 4.90 Å². The van der Waals surface area contributed by atoms with Crippen molar-refractivity contribution in [2.75, 3.05) is 11.8 Å². The molecule has 0 amide bonds.